The third-order valence-electron chi connectivity index (χ3n) is 3.17. The molecule has 0 fully saturated rings. The van der Waals surface area contributed by atoms with Crippen molar-refractivity contribution >= 4 is 32.8 Å². The molecular formula is C14H9N2O7S-. The molecule has 1 aromatic heterocycles. The van der Waals surface area contributed by atoms with Crippen molar-refractivity contribution in [2.75, 3.05) is 4.72 Å². The summed E-state index contributed by atoms with van der Waals surface area (Å²) < 4.78 is 31.6. The van der Waals surface area contributed by atoms with Gasteiger partial charge >= 0.3 is 11.7 Å². The standard InChI is InChI=1S/C14H10N2O7S/c17-11-5-7(1-3-9(11)13(18)19)16-24(21,22)8-2-4-10-12(6-8)23-14(20)15-10/h1-6,16-17H,(H,15,20)(H,18,19)/p-1. The first-order chi connectivity index (χ1) is 11.3. The van der Waals surface area contributed by atoms with Crippen molar-refractivity contribution in [3.05, 3.63) is 52.5 Å². The number of anilines is 1. The number of benzene rings is 2. The lowest BCUT2D eigenvalue weighted by molar-refractivity contribution is -0.268. The van der Waals surface area contributed by atoms with E-state index in [1.807, 2.05) is 0 Å². The minimum absolute atomic E-state index is 0.0635. The number of rotatable bonds is 4. The van der Waals surface area contributed by atoms with Gasteiger partial charge in [-0.2, -0.15) is 0 Å². The predicted molar refractivity (Wildman–Crippen MR) is 80.5 cm³/mol. The van der Waals surface area contributed by atoms with Gasteiger partial charge in [-0.05, 0) is 30.3 Å². The van der Waals surface area contributed by atoms with Crippen LogP contribution < -0.4 is 15.6 Å². The normalized spacial score (nSPS) is 11.5. The average molecular weight is 349 g/mol. The van der Waals surface area contributed by atoms with E-state index >= 15 is 0 Å². The predicted octanol–water partition coefficient (Wildman–Crippen LogP) is 0.694. The largest absolute Gasteiger partial charge is 0.872 e. The number of fused-ring (bicyclic) bond motifs is 1. The van der Waals surface area contributed by atoms with Crippen molar-refractivity contribution in [1.82, 2.24) is 4.98 Å². The Bertz CT molecular complexity index is 1110. The number of aromatic carboxylic acids is 1. The Morgan fingerprint density at radius 1 is 1.21 bits per heavy atom. The minimum Gasteiger partial charge on any atom is -0.872 e. The summed E-state index contributed by atoms with van der Waals surface area (Å²) in [5.41, 5.74) is -0.144. The number of carbonyl (C=O) groups is 1. The highest BCUT2D eigenvalue weighted by Gasteiger charge is 2.16. The van der Waals surface area contributed by atoms with Crippen LogP contribution in [0.2, 0.25) is 0 Å². The summed E-state index contributed by atoms with van der Waals surface area (Å²) in [7, 11) is -4.06. The van der Waals surface area contributed by atoms with Crippen molar-refractivity contribution in [3.8, 4) is 5.75 Å². The molecule has 2 aromatic carbocycles. The molecular weight excluding hydrogens is 340 g/mol. The SMILES string of the molecule is O=C(O)c1ccc(NS(=O)(=O)c2ccc3[nH]c(=O)oc3c2)cc1[O-]. The van der Waals surface area contributed by atoms with Crippen molar-refractivity contribution in [2.24, 2.45) is 0 Å². The van der Waals surface area contributed by atoms with Crippen LogP contribution in [0.4, 0.5) is 5.69 Å². The summed E-state index contributed by atoms with van der Waals surface area (Å²) in [6, 6.07) is 6.81. The van der Waals surface area contributed by atoms with Crippen molar-refractivity contribution in [1.29, 1.82) is 0 Å². The summed E-state index contributed by atoms with van der Waals surface area (Å²) >= 11 is 0. The van der Waals surface area contributed by atoms with E-state index in [2.05, 4.69) is 9.71 Å². The van der Waals surface area contributed by atoms with Gasteiger partial charge in [0.25, 0.3) is 10.0 Å². The van der Waals surface area contributed by atoms with E-state index in [4.69, 9.17) is 9.52 Å². The first-order valence-electron chi connectivity index (χ1n) is 6.46. The van der Waals surface area contributed by atoms with Crippen LogP contribution in [0.15, 0.2) is 50.5 Å². The molecule has 0 spiro atoms. The van der Waals surface area contributed by atoms with E-state index in [0.29, 0.717) is 5.52 Å². The number of aromatic nitrogens is 1. The molecule has 0 unspecified atom stereocenters. The number of hydrogen-bond donors (Lipinski definition) is 3. The van der Waals surface area contributed by atoms with E-state index < -0.39 is 33.1 Å². The Morgan fingerprint density at radius 3 is 2.62 bits per heavy atom. The number of sulfonamides is 1. The molecule has 0 aliphatic carbocycles. The topological polar surface area (TPSA) is 153 Å². The maximum absolute atomic E-state index is 12.3. The van der Waals surface area contributed by atoms with Crippen molar-refractivity contribution < 1.29 is 27.8 Å². The molecule has 3 rings (SSSR count). The smallest absolute Gasteiger partial charge is 0.417 e. The first kappa shape index (κ1) is 15.6. The van der Waals surface area contributed by atoms with Gasteiger partial charge in [-0.1, -0.05) is 5.75 Å². The summed E-state index contributed by atoms with van der Waals surface area (Å²) in [6.45, 7) is 0. The number of oxazole rings is 1. The van der Waals surface area contributed by atoms with Crippen LogP contribution in [0.1, 0.15) is 10.4 Å². The molecule has 3 N–H and O–H groups in total. The maximum atomic E-state index is 12.3. The van der Waals surface area contributed by atoms with Gasteiger partial charge in [0.2, 0.25) is 0 Å². The lowest BCUT2D eigenvalue weighted by Crippen LogP contribution is -2.13. The van der Waals surface area contributed by atoms with E-state index in [9.17, 15) is 23.1 Å². The van der Waals surface area contributed by atoms with Gasteiger partial charge in [0, 0.05) is 11.8 Å². The monoisotopic (exact) mass is 349 g/mol. The Hall–Kier alpha value is -3.27. The number of nitrogens with one attached hydrogen (secondary N) is 2. The molecule has 0 bridgehead atoms. The second-order valence-corrected chi connectivity index (χ2v) is 6.48. The minimum atomic E-state index is -4.06. The van der Waals surface area contributed by atoms with E-state index in [-0.39, 0.29) is 16.2 Å². The van der Waals surface area contributed by atoms with E-state index in [1.54, 1.807) is 0 Å². The van der Waals surface area contributed by atoms with Crippen LogP contribution in [-0.4, -0.2) is 24.5 Å². The van der Waals surface area contributed by atoms with Gasteiger partial charge in [-0.15, -0.1) is 0 Å². The number of H-pyrrole nitrogens is 1. The van der Waals surface area contributed by atoms with Crippen molar-refractivity contribution in [3.63, 3.8) is 0 Å². The second-order valence-electron chi connectivity index (χ2n) is 4.79. The van der Waals surface area contributed by atoms with E-state index in [1.165, 1.54) is 12.1 Å². The lowest BCUT2D eigenvalue weighted by Gasteiger charge is -2.13. The fourth-order valence-electron chi connectivity index (χ4n) is 2.07. The molecule has 0 aliphatic rings. The molecule has 0 atom stereocenters. The third-order valence-corrected chi connectivity index (χ3v) is 4.55. The quantitative estimate of drug-likeness (QED) is 0.626. The highest BCUT2D eigenvalue weighted by molar-refractivity contribution is 7.92. The fourth-order valence-corrected chi connectivity index (χ4v) is 3.13. The Labute approximate surface area is 134 Å². The van der Waals surface area contributed by atoms with Gasteiger partial charge in [-0.25, -0.2) is 18.0 Å². The maximum Gasteiger partial charge on any atom is 0.417 e. The van der Waals surface area contributed by atoms with Gasteiger partial charge in [0.15, 0.2) is 5.58 Å². The number of hydrogen-bond acceptors (Lipinski definition) is 6. The van der Waals surface area contributed by atoms with Gasteiger partial charge in [0.05, 0.1) is 16.0 Å². The Balaban J connectivity index is 1.96. The zero-order valence-electron chi connectivity index (χ0n) is 11.8. The lowest BCUT2D eigenvalue weighted by atomic mass is 10.2. The van der Waals surface area contributed by atoms with Gasteiger partial charge in [-0.3, -0.25) is 9.71 Å². The number of carboxylic acid groups (broad SMARTS) is 1. The average Bonchev–Trinajstić information content (AvgIpc) is 2.85. The van der Waals surface area contributed by atoms with Gasteiger partial charge in [0.1, 0.15) is 0 Å². The third kappa shape index (κ3) is 2.82. The zero-order valence-corrected chi connectivity index (χ0v) is 12.6. The van der Waals surface area contributed by atoms with Crippen LogP contribution in [0.5, 0.6) is 5.75 Å². The fraction of sp³-hybridized carbons (Fsp3) is 0. The second kappa shape index (κ2) is 5.42. The summed E-state index contributed by atoms with van der Waals surface area (Å²) in [5.74, 6) is -2.94. The summed E-state index contributed by atoms with van der Waals surface area (Å²) in [4.78, 5) is 24.1. The Morgan fingerprint density at radius 2 is 1.96 bits per heavy atom. The molecule has 0 saturated carbocycles. The molecule has 0 aliphatic heterocycles. The molecule has 24 heavy (non-hydrogen) atoms. The van der Waals surface area contributed by atoms with Crippen LogP contribution >= 0.6 is 0 Å². The highest BCUT2D eigenvalue weighted by Crippen LogP contribution is 2.23. The molecule has 124 valence electrons. The number of aromatic amines is 1. The Kier molecular flexibility index (Phi) is 3.53. The van der Waals surface area contributed by atoms with Crippen molar-refractivity contribution in [2.45, 2.75) is 4.90 Å². The zero-order chi connectivity index (χ0) is 17.5. The highest BCUT2D eigenvalue weighted by atomic mass is 32.2. The van der Waals surface area contributed by atoms with Crippen LogP contribution in [-0.2, 0) is 10.0 Å². The molecule has 9 nitrogen and oxygen atoms in total. The molecule has 0 saturated heterocycles. The van der Waals surface area contributed by atoms with Gasteiger partial charge < -0.3 is 14.6 Å². The molecule has 0 amide bonds. The molecule has 3 aromatic rings. The molecule has 0 radical (unpaired) electrons. The molecule has 1 heterocycles. The first-order valence-corrected chi connectivity index (χ1v) is 7.95. The van der Waals surface area contributed by atoms with E-state index in [0.717, 1.165) is 24.3 Å². The number of carboxylic acids is 1. The summed E-state index contributed by atoms with van der Waals surface area (Å²) in [5, 5.41) is 20.4. The van der Waals surface area contributed by atoms with Crippen LogP contribution in [0.25, 0.3) is 11.1 Å². The summed E-state index contributed by atoms with van der Waals surface area (Å²) in [6.07, 6.45) is 0. The van der Waals surface area contributed by atoms with Crippen LogP contribution in [0.3, 0.4) is 0 Å². The van der Waals surface area contributed by atoms with Crippen LogP contribution in [0, 0.1) is 0 Å². The molecule has 10 heteroatoms.